The molecule has 1 saturated heterocycles. The first-order chi connectivity index (χ1) is 7.19. The van der Waals surface area contributed by atoms with Crippen LogP contribution in [-0.4, -0.2) is 13.2 Å². The van der Waals surface area contributed by atoms with E-state index < -0.39 is 17.4 Å². The minimum Gasteiger partial charge on any atom is -0.343 e. The van der Waals surface area contributed by atoms with Gasteiger partial charge in [-0.3, -0.25) is 0 Å². The van der Waals surface area contributed by atoms with Crippen molar-refractivity contribution in [2.24, 2.45) is 0 Å². The first-order valence-electron chi connectivity index (χ1n) is 4.92. The van der Waals surface area contributed by atoms with Gasteiger partial charge in [-0.1, -0.05) is 13.0 Å². The Kier molecular flexibility index (Phi) is 2.71. The molecule has 1 fully saturated rings. The highest BCUT2D eigenvalue weighted by atomic mass is 19.1. The van der Waals surface area contributed by atoms with Gasteiger partial charge in [0.25, 0.3) is 0 Å². The van der Waals surface area contributed by atoms with E-state index in [4.69, 9.17) is 9.47 Å². The zero-order valence-electron chi connectivity index (χ0n) is 8.43. The minimum absolute atomic E-state index is 0.120. The van der Waals surface area contributed by atoms with Crippen molar-refractivity contribution < 1.29 is 18.3 Å². The van der Waals surface area contributed by atoms with Crippen LogP contribution in [-0.2, 0) is 15.3 Å². The molecule has 0 N–H and O–H groups in total. The smallest absolute Gasteiger partial charge is 0.200 e. The second-order valence-electron chi connectivity index (χ2n) is 3.40. The molecule has 1 aliphatic heterocycles. The van der Waals surface area contributed by atoms with Gasteiger partial charge in [0, 0.05) is 6.42 Å². The van der Waals surface area contributed by atoms with Crippen LogP contribution in [0.15, 0.2) is 18.2 Å². The lowest BCUT2D eigenvalue weighted by Crippen LogP contribution is -2.28. The second-order valence-corrected chi connectivity index (χ2v) is 3.40. The van der Waals surface area contributed by atoms with E-state index in [0.717, 1.165) is 0 Å². The molecule has 82 valence electrons. The van der Waals surface area contributed by atoms with Gasteiger partial charge in [0.15, 0.2) is 5.79 Å². The third-order valence-electron chi connectivity index (χ3n) is 2.56. The van der Waals surface area contributed by atoms with E-state index in [1.54, 1.807) is 6.92 Å². The molecular weight excluding hydrogens is 202 g/mol. The molecule has 0 unspecified atom stereocenters. The van der Waals surface area contributed by atoms with Gasteiger partial charge < -0.3 is 9.47 Å². The van der Waals surface area contributed by atoms with Crippen LogP contribution in [0.25, 0.3) is 0 Å². The molecule has 0 aliphatic carbocycles. The number of benzene rings is 1. The van der Waals surface area contributed by atoms with E-state index in [-0.39, 0.29) is 5.56 Å². The average molecular weight is 214 g/mol. The highest BCUT2D eigenvalue weighted by molar-refractivity contribution is 5.25. The standard InChI is InChI=1S/C11H12F2O2/c1-2-11(14-6-7-15-11)10-8(12)4-3-5-9(10)13/h3-5H,2,6-7H2,1H3. The van der Waals surface area contributed by atoms with E-state index in [0.29, 0.717) is 19.6 Å². The third kappa shape index (κ3) is 1.64. The molecule has 0 aromatic heterocycles. The van der Waals surface area contributed by atoms with Crippen LogP contribution in [0.3, 0.4) is 0 Å². The Bertz CT molecular complexity index is 339. The lowest BCUT2D eigenvalue weighted by molar-refractivity contribution is -0.171. The fourth-order valence-electron chi connectivity index (χ4n) is 1.84. The van der Waals surface area contributed by atoms with Crippen LogP contribution in [0, 0.1) is 11.6 Å². The number of hydrogen-bond acceptors (Lipinski definition) is 2. The molecular formula is C11H12F2O2. The van der Waals surface area contributed by atoms with Crippen molar-refractivity contribution in [2.45, 2.75) is 19.1 Å². The molecule has 4 heteroatoms. The Hall–Kier alpha value is -1.00. The zero-order valence-corrected chi connectivity index (χ0v) is 8.43. The summed E-state index contributed by atoms with van der Waals surface area (Å²) in [5.74, 6) is -2.49. The van der Waals surface area contributed by atoms with E-state index in [1.807, 2.05) is 0 Å². The fraction of sp³-hybridized carbons (Fsp3) is 0.455. The van der Waals surface area contributed by atoms with Gasteiger partial charge in [-0.2, -0.15) is 0 Å². The van der Waals surface area contributed by atoms with Crippen LogP contribution in [0.5, 0.6) is 0 Å². The van der Waals surface area contributed by atoms with Crippen molar-refractivity contribution in [3.05, 3.63) is 35.4 Å². The maximum absolute atomic E-state index is 13.5. The van der Waals surface area contributed by atoms with Gasteiger partial charge in [-0.15, -0.1) is 0 Å². The van der Waals surface area contributed by atoms with Gasteiger partial charge in [0.1, 0.15) is 11.6 Å². The summed E-state index contributed by atoms with van der Waals surface area (Å²) in [7, 11) is 0. The summed E-state index contributed by atoms with van der Waals surface area (Å²) < 4.78 is 37.7. The van der Waals surface area contributed by atoms with Crippen molar-refractivity contribution >= 4 is 0 Å². The van der Waals surface area contributed by atoms with Crippen LogP contribution >= 0.6 is 0 Å². The topological polar surface area (TPSA) is 18.5 Å². The first-order valence-corrected chi connectivity index (χ1v) is 4.92. The molecule has 2 rings (SSSR count). The Labute approximate surface area is 86.8 Å². The summed E-state index contributed by atoms with van der Waals surface area (Å²) in [5.41, 5.74) is -0.120. The van der Waals surface area contributed by atoms with Crippen molar-refractivity contribution in [1.29, 1.82) is 0 Å². The lowest BCUT2D eigenvalue weighted by Gasteiger charge is -2.26. The summed E-state index contributed by atoms with van der Waals surface area (Å²) >= 11 is 0. The summed E-state index contributed by atoms with van der Waals surface area (Å²) in [5, 5.41) is 0. The van der Waals surface area contributed by atoms with Gasteiger partial charge in [0.05, 0.1) is 18.8 Å². The Morgan fingerprint density at radius 3 is 2.20 bits per heavy atom. The Morgan fingerprint density at radius 2 is 1.73 bits per heavy atom. The minimum atomic E-state index is -1.24. The Balaban J connectivity index is 2.51. The molecule has 0 atom stereocenters. The lowest BCUT2D eigenvalue weighted by atomic mass is 10.0. The predicted octanol–water partition coefficient (Wildman–Crippen LogP) is 2.57. The molecule has 1 aliphatic rings. The zero-order chi connectivity index (χ0) is 10.9. The maximum atomic E-state index is 13.5. The predicted molar refractivity (Wildman–Crippen MR) is 50.2 cm³/mol. The molecule has 0 saturated carbocycles. The van der Waals surface area contributed by atoms with E-state index in [2.05, 4.69) is 0 Å². The molecule has 15 heavy (non-hydrogen) atoms. The normalized spacial score (nSPS) is 19.4. The number of ether oxygens (including phenoxy) is 2. The summed E-state index contributed by atoms with van der Waals surface area (Å²) in [4.78, 5) is 0. The van der Waals surface area contributed by atoms with Crippen molar-refractivity contribution in [3.63, 3.8) is 0 Å². The van der Waals surface area contributed by atoms with Crippen LogP contribution < -0.4 is 0 Å². The highest BCUT2D eigenvalue weighted by Crippen LogP contribution is 2.37. The number of hydrogen-bond donors (Lipinski definition) is 0. The largest absolute Gasteiger partial charge is 0.343 e. The van der Waals surface area contributed by atoms with Crippen LogP contribution in [0.1, 0.15) is 18.9 Å². The Morgan fingerprint density at radius 1 is 1.20 bits per heavy atom. The van der Waals surface area contributed by atoms with Gasteiger partial charge in [-0.05, 0) is 12.1 Å². The molecule has 0 bridgehead atoms. The molecule has 1 heterocycles. The van der Waals surface area contributed by atoms with Gasteiger partial charge in [-0.25, -0.2) is 8.78 Å². The molecule has 1 aromatic carbocycles. The van der Waals surface area contributed by atoms with Crippen molar-refractivity contribution in [2.75, 3.05) is 13.2 Å². The van der Waals surface area contributed by atoms with Gasteiger partial charge in [0.2, 0.25) is 0 Å². The number of rotatable bonds is 2. The average Bonchev–Trinajstić information content (AvgIpc) is 2.67. The van der Waals surface area contributed by atoms with Crippen molar-refractivity contribution in [3.8, 4) is 0 Å². The molecule has 0 radical (unpaired) electrons. The third-order valence-corrected chi connectivity index (χ3v) is 2.56. The molecule has 2 nitrogen and oxygen atoms in total. The summed E-state index contributed by atoms with van der Waals surface area (Å²) in [6.07, 6.45) is 0.380. The van der Waals surface area contributed by atoms with Crippen LogP contribution in [0.2, 0.25) is 0 Å². The second kappa shape index (κ2) is 3.87. The molecule has 1 aromatic rings. The van der Waals surface area contributed by atoms with E-state index in [1.165, 1.54) is 18.2 Å². The summed E-state index contributed by atoms with van der Waals surface area (Å²) in [6.45, 7) is 2.50. The van der Waals surface area contributed by atoms with Crippen LogP contribution in [0.4, 0.5) is 8.78 Å². The summed E-state index contributed by atoms with van der Waals surface area (Å²) in [6, 6.07) is 3.74. The highest BCUT2D eigenvalue weighted by Gasteiger charge is 2.41. The number of halogens is 2. The SMILES string of the molecule is CCC1(c2c(F)cccc2F)OCCO1. The van der Waals surface area contributed by atoms with Crippen molar-refractivity contribution in [1.82, 2.24) is 0 Å². The van der Waals surface area contributed by atoms with Gasteiger partial charge >= 0.3 is 0 Å². The van der Waals surface area contributed by atoms with E-state index in [9.17, 15) is 8.78 Å². The first kappa shape index (κ1) is 10.5. The fourth-order valence-corrected chi connectivity index (χ4v) is 1.84. The quantitative estimate of drug-likeness (QED) is 0.753. The maximum Gasteiger partial charge on any atom is 0.200 e. The monoisotopic (exact) mass is 214 g/mol. The molecule has 0 amide bonds. The molecule has 0 spiro atoms. The van der Waals surface area contributed by atoms with E-state index >= 15 is 0 Å².